The molecule has 0 spiro atoms. The minimum Gasteiger partial charge on any atom is -0.756 e. The van der Waals surface area contributed by atoms with Gasteiger partial charge in [-0.3, -0.25) is 9.36 Å². The number of rotatable bonds is 50. The Morgan fingerprint density at radius 2 is 0.924 bits per heavy atom. The monoisotopic (exact) mass is 947 g/mol. The largest absolute Gasteiger partial charge is 0.756 e. The molecule has 0 radical (unpaired) electrons. The van der Waals surface area contributed by atoms with Gasteiger partial charge in [0.2, 0.25) is 5.91 Å². The molecule has 8 nitrogen and oxygen atoms in total. The molecular weight excluding hydrogens is 840 g/mol. The highest BCUT2D eigenvalue weighted by Gasteiger charge is 2.23. The van der Waals surface area contributed by atoms with Crippen LogP contribution in [0.4, 0.5) is 0 Å². The van der Waals surface area contributed by atoms with Gasteiger partial charge in [0.1, 0.15) is 13.2 Å². The fourth-order valence-corrected chi connectivity index (χ4v) is 8.55. The Morgan fingerprint density at radius 1 is 0.530 bits per heavy atom. The van der Waals surface area contributed by atoms with E-state index in [1.165, 1.54) is 167 Å². The minimum atomic E-state index is -4.59. The number of carbonyl (C=O) groups is 1. The van der Waals surface area contributed by atoms with Gasteiger partial charge < -0.3 is 28.8 Å². The zero-order valence-corrected chi connectivity index (χ0v) is 44.8. The first-order chi connectivity index (χ1) is 32.0. The third kappa shape index (κ3) is 50.1. The molecule has 1 amide bonds. The van der Waals surface area contributed by atoms with Gasteiger partial charge in [-0.05, 0) is 64.2 Å². The summed E-state index contributed by atoms with van der Waals surface area (Å²) in [4.78, 5) is 25.2. The summed E-state index contributed by atoms with van der Waals surface area (Å²) in [7, 11) is 1.24. The number of likely N-dealkylation sites (N-methyl/N-ethyl adjacent to an activating group) is 1. The molecule has 3 atom stereocenters. The molecule has 386 valence electrons. The summed E-state index contributed by atoms with van der Waals surface area (Å²) >= 11 is 0. The normalized spacial score (nSPS) is 14.5. The number of quaternary nitrogens is 1. The number of hydrogen-bond donors (Lipinski definition) is 2. The van der Waals surface area contributed by atoms with Gasteiger partial charge in [-0.25, -0.2) is 0 Å². The van der Waals surface area contributed by atoms with Crippen LogP contribution in [0.3, 0.4) is 0 Å². The fraction of sp³-hybridized carbons (Fsp3) is 0.807. The Kier molecular flexibility index (Phi) is 46.9. The molecule has 3 unspecified atom stereocenters. The van der Waals surface area contributed by atoms with Gasteiger partial charge >= 0.3 is 0 Å². The van der Waals surface area contributed by atoms with Crippen LogP contribution in [0.5, 0.6) is 0 Å². The Balaban J connectivity index is 3.81. The second kappa shape index (κ2) is 48.2. The van der Waals surface area contributed by atoms with Crippen molar-refractivity contribution in [3.63, 3.8) is 0 Å². The Labute approximate surface area is 409 Å². The SMILES string of the molecule is CCC/C=C/CC/C=C/C(O)C(COP(=O)([O-])OCC[N+](C)(C)C)NC(=O)CCCCCCCCCCCCCCCCCCCCCCCC/C=C\C/C=C\C/C=C\CCCCCCC. The van der Waals surface area contributed by atoms with Gasteiger partial charge in [0.15, 0.2) is 0 Å². The minimum absolute atomic E-state index is 0.00716. The van der Waals surface area contributed by atoms with Gasteiger partial charge in [-0.2, -0.15) is 0 Å². The molecule has 9 heteroatoms. The predicted octanol–water partition coefficient (Wildman–Crippen LogP) is 15.9. The van der Waals surface area contributed by atoms with Crippen LogP contribution in [0, 0.1) is 0 Å². The number of hydrogen-bond acceptors (Lipinski definition) is 6. The summed E-state index contributed by atoms with van der Waals surface area (Å²) in [6, 6.07) is -0.900. The van der Waals surface area contributed by atoms with Crippen molar-refractivity contribution >= 4 is 13.7 Å². The number of phosphoric ester groups is 1. The van der Waals surface area contributed by atoms with E-state index in [2.05, 4.69) is 67.8 Å². The van der Waals surface area contributed by atoms with Crippen molar-refractivity contribution in [1.82, 2.24) is 5.32 Å². The highest BCUT2D eigenvalue weighted by atomic mass is 31.2. The molecule has 0 fully saturated rings. The summed E-state index contributed by atoms with van der Waals surface area (Å²) in [6.07, 6.45) is 65.0. The van der Waals surface area contributed by atoms with Crippen molar-refractivity contribution in [1.29, 1.82) is 0 Å². The second-order valence-electron chi connectivity index (χ2n) is 19.9. The number of aliphatic hydroxyl groups excluding tert-OH is 1. The summed E-state index contributed by atoms with van der Waals surface area (Å²) < 4.78 is 23.1. The second-order valence-corrected chi connectivity index (χ2v) is 21.3. The molecule has 0 heterocycles. The molecule has 0 aromatic rings. The molecule has 0 aromatic carbocycles. The Morgan fingerprint density at radius 3 is 1.38 bits per heavy atom. The van der Waals surface area contributed by atoms with Crippen molar-refractivity contribution in [2.75, 3.05) is 40.9 Å². The Bertz CT molecular complexity index is 1260. The first-order valence-electron chi connectivity index (χ1n) is 27.7. The fourth-order valence-electron chi connectivity index (χ4n) is 7.83. The molecule has 0 saturated carbocycles. The number of amides is 1. The number of allylic oxidation sites excluding steroid dienone is 9. The van der Waals surface area contributed by atoms with Crippen molar-refractivity contribution < 1.29 is 32.9 Å². The van der Waals surface area contributed by atoms with E-state index >= 15 is 0 Å². The third-order valence-corrected chi connectivity index (χ3v) is 13.1. The standard InChI is InChI=1S/C57H107N2O6P/c1-6-8-10-12-14-15-16-17-18-19-20-21-22-23-24-25-26-27-28-29-30-31-32-33-34-35-36-37-38-39-40-41-42-43-45-47-49-51-57(61)58-55(56(60)50-48-46-44-13-11-9-7-2)54-65-66(62,63)64-53-52-59(3,4)5/h11,13,16-17,19-20,22-23,48,50,55-56,60H,6-10,12,14-15,18,21,24-47,49,51-54H2,1-5H3,(H-,58,61,62,63)/b13-11+,17-16-,20-19-,23-22-,50-48+. The maximum Gasteiger partial charge on any atom is 0.268 e. The molecule has 0 aliphatic rings. The van der Waals surface area contributed by atoms with Crippen LogP contribution in [0.1, 0.15) is 245 Å². The van der Waals surface area contributed by atoms with Crippen LogP contribution in [-0.2, 0) is 18.4 Å². The lowest BCUT2D eigenvalue weighted by molar-refractivity contribution is -0.870. The van der Waals surface area contributed by atoms with E-state index < -0.39 is 26.6 Å². The maximum atomic E-state index is 12.8. The molecule has 0 aliphatic carbocycles. The predicted molar refractivity (Wildman–Crippen MR) is 284 cm³/mol. The van der Waals surface area contributed by atoms with Gasteiger partial charge in [-0.15, -0.1) is 0 Å². The molecule has 2 N–H and O–H groups in total. The number of unbranched alkanes of at least 4 members (excludes halogenated alkanes) is 29. The molecule has 0 aliphatic heterocycles. The van der Waals surface area contributed by atoms with Gasteiger partial charge in [0.25, 0.3) is 7.82 Å². The number of carbonyl (C=O) groups excluding carboxylic acids is 1. The van der Waals surface area contributed by atoms with Crippen LogP contribution in [0.25, 0.3) is 0 Å². The maximum absolute atomic E-state index is 12.8. The van der Waals surface area contributed by atoms with Crippen molar-refractivity contribution in [2.45, 2.75) is 257 Å². The smallest absolute Gasteiger partial charge is 0.268 e. The highest BCUT2D eigenvalue weighted by molar-refractivity contribution is 7.45. The Hall–Kier alpha value is -1.80. The average molecular weight is 947 g/mol. The molecule has 0 aromatic heterocycles. The molecular formula is C57H107N2O6P. The number of nitrogens with one attached hydrogen (secondary N) is 1. The van der Waals surface area contributed by atoms with Crippen molar-refractivity contribution in [3.8, 4) is 0 Å². The van der Waals surface area contributed by atoms with Crippen molar-refractivity contribution in [3.05, 3.63) is 60.8 Å². The van der Waals surface area contributed by atoms with Gasteiger partial charge in [0, 0.05) is 6.42 Å². The van der Waals surface area contributed by atoms with Crippen LogP contribution in [0.2, 0.25) is 0 Å². The van der Waals surface area contributed by atoms with E-state index in [1.54, 1.807) is 6.08 Å². The molecule has 0 bridgehead atoms. The quantitative estimate of drug-likeness (QED) is 0.0272. The lowest BCUT2D eigenvalue weighted by atomic mass is 10.0. The summed E-state index contributed by atoms with van der Waals surface area (Å²) in [6.45, 7) is 4.50. The van der Waals surface area contributed by atoms with Crippen LogP contribution >= 0.6 is 7.82 Å². The molecule has 0 saturated heterocycles. The number of aliphatic hydroxyl groups is 1. The number of nitrogens with zero attached hydrogens (tertiary/aromatic N) is 1. The van der Waals surface area contributed by atoms with Crippen LogP contribution < -0.4 is 10.2 Å². The van der Waals surface area contributed by atoms with Crippen LogP contribution in [0.15, 0.2) is 60.8 Å². The van der Waals surface area contributed by atoms with E-state index in [0.717, 1.165) is 57.8 Å². The molecule has 0 rings (SSSR count). The molecule has 66 heavy (non-hydrogen) atoms. The van der Waals surface area contributed by atoms with E-state index in [-0.39, 0.29) is 12.5 Å². The lowest BCUT2D eigenvalue weighted by Crippen LogP contribution is -2.45. The number of phosphoric acid groups is 1. The summed E-state index contributed by atoms with van der Waals surface area (Å²) in [5.74, 6) is -0.210. The van der Waals surface area contributed by atoms with E-state index in [4.69, 9.17) is 9.05 Å². The van der Waals surface area contributed by atoms with Gasteiger partial charge in [-0.1, -0.05) is 235 Å². The first kappa shape index (κ1) is 64.2. The van der Waals surface area contributed by atoms with Crippen LogP contribution in [-0.4, -0.2) is 68.5 Å². The lowest BCUT2D eigenvalue weighted by Gasteiger charge is -2.29. The zero-order chi connectivity index (χ0) is 48.5. The van der Waals surface area contributed by atoms with E-state index in [1.807, 2.05) is 27.2 Å². The summed E-state index contributed by atoms with van der Waals surface area (Å²) in [5, 5.41) is 13.7. The third-order valence-electron chi connectivity index (χ3n) is 12.2. The topological polar surface area (TPSA) is 108 Å². The van der Waals surface area contributed by atoms with Gasteiger partial charge in [0.05, 0.1) is 39.9 Å². The zero-order valence-electron chi connectivity index (χ0n) is 43.9. The summed E-state index contributed by atoms with van der Waals surface area (Å²) in [5.41, 5.74) is 0. The van der Waals surface area contributed by atoms with Crippen molar-refractivity contribution in [2.24, 2.45) is 0 Å². The van der Waals surface area contributed by atoms with E-state index in [0.29, 0.717) is 17.4 Å². The first-order valence-corrected chi connectivity index (χ1v) is 29.1. The average Bonchev–Trinajstić information content (AvgIpc) is 3.28. The van der Waals surface area contributed by atoms with E-state index in [9.17, 15) is 19.4 Å². The highest BCUT2D eigenvalue weighted by Crippen LogP contribution is 2.38.